The van der Waals surface area contributed by atoms with Gasteiger partial charge in [-0.05, 0) is 17.7 Å². The molecule has 6 nitrogen and oxygen atoms in total. The number of amides is 1. The van der Waals surface area contributed by atoms with Crippen LogP contribution >= 0.6 is 11.8 Å². The SMILES string of the molecule is N#Cc1ccccc1CSCCNC(=O)c1cccc([N+](=O)[O-])c1. The third-order valence-electron chi connectivity index (χ3n) is 3.25. The van der Waals surface area contributed by atoms with E-state index in [0.29, 0.717) is 23.6 Å². The van der Waals surface area contributed by atoms with Crippen LogP contribution < -0.4 is 5.32 Å². The van der Waals surface area contributed by atoms with Gasteiger partial charge in [0.2, 0.25) is 0 Å². The Morgan fingerprint density at radius 3 is 2.79 bits per heavy atom. The fourth-order valence-corrected chi connectivity index (χ4v) is 2.90. The third kappa shape index (κ3) is 4.83. The van der Waals surface area contributed by atoms with E-state index >= 15 is 0 Å². The van der Waals surface area contributed by atoms with Gasteiger partial charge in [-0.25, -0.2) is 0 Å². The van der Waals surface area contributed by atoms with Crippen LogP contribution in [0.25, 0.3) is 0 Å². The zero-order valence-corrected chi connectivity index (χ0v) is 13.6. The predicted octanol–water partition coefficient (Wildman–Crippen LogP) is 3.13. The average molecular weight is 341 g/mol. The highest BCUT2D eigenvalue weighted by molar-refractivity contribution is 7.98. The van der Waals surface area contributed by atoms with E-state index in [1.165, 1.54) is 18.2 Å². The maximum absolute atomic E-state index is 12.0. The second kappa shape index (κ2) is 8.70. The number of hydrogen-bond acceptors (Lipinski definition) is 5. The molecule has 0 spiro atoms. The maximum atomic E-state index is 12.0. The standard InChI is InChI=1S/C17H15N3O3S/c18-11-14-4-1-2-5-15(14)12-24-9-8-19-17(21)13-6-3-7-16(10-13)20(22)23/h1-7,10H,8-9,12H2,(H,19,21). The van der Waals surface area contributed by atoms with Gasteiger partial charge >= 0.3 is 0 Å². The van der Waals surface area contributed by atoms with Gasteiger partial charge < -0.3 is 5.32 Å². The van der Waals surface area contributed by atoms with Crippen LogP contribution in [0.3, 0.4) is 0 Å². The molecule has 0 atom stereocenters. The molecule has 2 aromatic rings. The number of benzene rings is 2. The Bertz CT molecular complexity index is 787. The molecule has 0 aromatic heterocycles. The number of thioether (sulfide) groups is 1. The summed E-state index contributed by atoms with van der Waals surface area (Å²) in [5.74, 6) is 1.04. The molecule has 2 aromatic carbocycles. The van der Waals surface area contributed by atoms with Crippen molar-refractivity contribution in [3.05, 3.63) is 75.3 Å². The lowest BCUT2D eigenvalue weighted by Gasteiger charge is -2.06. The van der Waals surface area contributed by atoms with Crippen molar-refractivity contribution < 1.29 is 9.72 Å². The van der Waals surface area contributed by atoms with Crippen molar-refractivity contribution in [2.75, 3.05) is 12.3 Å². The number of nitriles is 1. The summed E-state index contributed by atoms with van der Waals surface area (Å²) in [5.41, 5.74) is 1.79. The molecule has 0 unspecified atom stereocenters. The maximum Gasteiger partial charge on any atom is 0.270 e. The number of carbonyl (C=O) groups excluding carboxylic acids is 1. The van der Waals surface area contributed by atoms with Crippen molar-refractivity contribution in [2.24, 2.45) is 0 Å². The summed E-state index contributed by atoms with van der Waals surface area (Å²) >= 11 is 1.61. The number of carbonyl (C=O) groups is 1. The van der Waals surface area contributed by atoms with E-state index < -0.39 is 4.92 Å². The highest BCUT2D eigenvalue weighted by Crippen LogP contribution is 2.16. The van der Waals surface area contributed by atoms with Crippen molar-refractivity contribution in [3.63, 3.8) is 0 Å². The van der Waals surface area contributed by atoms with Crippen LogP contribution in [0.2, 0.25) is 0 Å². The summed E-state index contributed by atoms with van der Waals surface area (Å²) in [6, 6.07) is 15.2. The molecule has 0 aliphatic rings. The largest absolute Gasteiger partial charge is 0.351 e. The molecule has 0 heterocycles. The molecule has 0 radical (unpaired) electrons. The van der Waals surface area contributed by atoms with Gasteiger partial charge in [0, 0.05) is 35.7 Å². The van der Waals surface area contributed by atoms with Crippen LogP contribution in [0.1, 0.15) is 21.5 Å². The van der Waals surface area contributed by atoms with Gasteiger partial charge in [0.15, 0.2) is 0 Å². The Morgan fingerprint density at radius 1 is 1.25 bits per heavy atom. The van der Waals surface area contributed by atoms with Crippen LogP contribution in [-0.2, 0) is 5.75 Å². The summed E-state index contributed by atoms with van der Waals surface area (Å²) < 4.78 is 0. The minimum Gasteiger partial charge on any atom is -0.351 e. The first-order valence-electron chi connectivity index (χ1n) is 7.20. The fourth-order valence-electron chi connectivity index (χ4n) is 2.04. The number of hydrogen-bond donors (Lipinski definition) is 1. The van der Waals surface area contributed by atoms with Crippen molar-refractivity contribution in [3.8, 4) is 6.07 Å². The monoisotopic (exact) mass is 341 g/mol. The molecule has 7 heteroatoms. The molecule has 1 N–H and O–H groups in total. The molecule has 0 saturated heterocycles. The molecule has 122 valence electrons. The summed E-state index contributed by atoms with van der Waals surface area (Å²) in [4.78, 5) is 22.1. The van der Waals surface area contributed by atoms with Crippen LogP contribution in [0.15, 0.2) is 48.5 Å². The number of non-ortho nitro benzene ring substituents is 1. The molecule has 0 fully saturated rings. The van der Waals surface area contributed by atoms with Crippen molar-refractivity contribution >= 4 is 23.4 Å². The fraction of sp³-hybridized carbons (Fsp3) is 0.176. The van der Waals surface area contributed by atoms with E-state index in [-0.39, 0.29) is 17.2 Å². The van der Waals surface area contributed by atoms with Crippen LogP contribution in [0, 0.1) is 21.4 Å². The Labute approximate surface area is 143 Å². The highest BCUT2D eigenvalue weighted by atomic mass is 32.2. The molecular weight excluding hydrogens is 326 g/mol. The first kappa shape index (κ1) is 17.5. The second-order valence-corrected chi connectivity index (χ2v) is 5.99. The van der Waals surface area contributed by atoms with E-state index in [4.69, 9.17) is 5.26 Å². The Morgan fingerprint density at radius 2 is 2.04 bits per heavy atom. The summed E-state index contributed by atoms with van der Waals surface area (Å²) in [5, 5.41) is 22.5. The van der Waals surface area contributed by atoms with Gasteiger partial charge in [-0.2, -0.15) is 17.0 Å². The number of nitro groups is 1. The van der Waals surface area contributed by atoms with Crippen LogP contribution in [-0.4, -0.2) is 23.1 Å². The van der Waals surface area contributed by atoms with E-state index in [2.05, 4.69) is 11.4 Å². The van der Waals surface area contributed by atoms with Crippen molar-refractivity contribution in [1.82, 2.24) is 5.32 Å². The van der Waals surface area contributed by atoms with Crippen molar-refractivity contribution in [1.29, 1.82) is 5.26 Å². The van der Waals surface area contributed by atoms with Crippen LogP contribution in [0.5, 0.6) is 0 Å². The van der Waals surface area contributed by atoms with Gasteiger partial charge in [0.05, 0.1) is 16.6 Å². The van der Waals surface area contributed by atoms with E-state index in [9.17, 15) is 14.9 Å². The van der Waals surface area contributed by atoms with Gasteiger partial charge in [-0.3, -0.25) is 14.9 Å². The molecule has 24 heavy (non-hydrogen) atoms. The van der Waals surface area contributed by atoms with E-state index in [1.54, 1.807) is 23.9 Å². The van der Waals surface area contributed by atoms with Crippen LogP contribution in [0.4, 0.5) is 5.69 Å². The molecule has 2 rings (SSSR count). The molecule has 0 saturated carbocycles. The second-order valence-electron chi connectivity index (χ2n) is 4.88. The quantitative estimate of drug-likeness (QED) is 0.474. The van der Waals surface area contributed by atoms with Gasteiger partial charge in [0.25, 0.3) is 11.6 Å². The van der Waals surface area contributed by atoms with Gasteiger partial charge in [-0.15, -0.1) is 0 Å². The topological polar surface area (TPSA) is 96.0 Å². The van der Waals surface area contributed by atoms with Gasteiger partial charge in [-0.1, -0.05) is 24.3 Å². The molecule has 1 amide bonds. The zero-order chi connectivity index (χ0) is 17.4. The Hall–Kier alpha value is -2.85. The minimum atomic E-state index is -0.529. The lowest BCUT2D eigenvalue weighted by atomic mass is 10.1. The number of nitrogens with zero attached hydrogens (tertiary/aromatic N) is 2. The number of nitrogens with one attached hydrogen (secondary N) is 1. The molecule has 0 aliphatic heterocycles. The first-order chi connectivity index (χ1) is 11.6. The average Bonchev–Trinajstić information content (AvgIpc) is 2.61. The van der Waals surface area contributed by atoms with E-state index in [0.717, 1.165) is 5.56 Å². The summed E-state index contributed by atoms with van der Waals surface area (Å²) in [7, 11) is 0. The van der Waals surface area contributed by atoms with Crippen molar-refractivity contribution in [2.45, 2.75) is 5.75 Å². The highest BCUT2D eigenvalue weighted by Gasteiger charge is 2.10. The lowest BCUT2D eigenvalue weighted by molar-refractivity contribution is -0.384. The number of rotatable bonds is 7. The third-order valence-corrected chi connectivity index (χ3v) is 4.25. The smallest absolute Gasteiger partial charge is 0.270 e. The van der Waals surface area contributed by atoms with E-state index in [1.807, 2.05) is 18.2 Å². The molecule has 0 bridgehead atoms. The Kier molecular flexibility index (Phi) is 6.34. The normalized spacial score (nSPS) is 9.96. The first-order valence-corrected chi connectivity index (χ1v) is 8.35. The molecular formula is C17H15N3O3S. The van der Waals surface area contributed by atoms with Gasteiger partial charge in [0.1, 0.15) is 0 Å². The summed E-state index contributed by atoms with van der Waals surface area (Å²) in [6.07, 6.45) is 0. The molecule has 0 aliphatic carbocycles. The Balaban J connectivity index is 1.78. The lowest BCUT2D eigenvalue weighted by Crippen LogP contribution is -2.25. The zero-order valence-electron chi connectivity index (χ0n) is 12.8. The minimum absolute atomic E-state index is 0.106. The predicted molar refractivity (Wildman–Crippen MR) is 92.7 cm³/mol. The number of nitro benzene ring substituents is 1. The summed E-state index contributed by atoms with van der Waals surface area (Å²) in [6.45, 7) is 0.445.